The zero-order chi connectivity index (χ0) is 16.4. The van der Waals surface area contributed by atoms with Gasteiger partial charge in [0.1, 0.15) is 0 Å². The number of carboxylic acid groups (broad SMARTS) is 1. The molecule has 1 aromatic rings. The summed E-state index contributed by atoms with van der Waals surface area (Å²) in [5.74, 6) is -1.04. The second-order valence-electron chi connectivity index (χ2n) is 6.07. The van der Waals surface area contributed by atoms with Gasteiger partial charge in [0, 0.05) is 10.5 Å². The third kappa shape index (κ3) is 5.09. The smallest absolute Gasteiger partial charge is 0.304 e. The Labute approximate surface area is 133 Å². The number of aryl methyl sites for hydroxylation is 1. The zero-order valence-corrected chi connectivity index (χ0v) is 14.9. The van der Waals surface area contributed by atoms with Crippen LogP contribution in [-0.2, 0) is 14.8 Å². The van der Waals surface area contributed by atoms with Crippen molar-refractivity contribution in [2.45, 2.75) is 45.1 Å². The maximum atomic E-state index is 12.5. The average Bonchev–Trinajstić information content (AvgIpc) is 2.24. The van der Waals surface area contributed by atoms with E-state index in [-0.39, 0.29) is 11.3 Å². The minimum Gasteiger partial charge on any atom is -0.481 e. The van der Waals surface area contributed by atoms with Crippen LogP contribution < -0.4 is 4.72 Å². The number of sulfonamides is 1. The molecular formula is C14H20BrNO4S. The number of rotatable bonds is 5. The second-order valence-corrected chi connectivity index (χ2v) is 8.61. The van der Waals surface area contributed by atoms with Crippen LogP contribution in [0.3, 0.4) is 0 Å². The molecule has 0 amide bonds. The lowest BCUT2D eigenvalue weighted by atomic mass is 9.85. The lowest BCUT2D eigenvalue weighted by Gasteiger charge is -2.30. The molecule has 0 aliphatic heterocycles. The third-order valence-electron chi connectivity index (χ3n) is 3.10. The van der Waals surface area contributed by atoms with Gasteiger partial charge in [-0.25, -0.2) is 13.1 Å². The van der Waals surface area contributed by atoms with Gasteiger partial charge in [-0.2, -0.15) is 0 Å². The predicted molar refractivity (Wildman–Crippen MR) is 84.7 cm³/mol. The van der Waals surface area contributed by atoms with Crippen molar-refractivity contribution < 1.29 is 18.3 Å². The first-order chi connectivity index (χ1) is 9.43. The Morgan fingerprint density at radius 3 is 2.38 bits per heavy atom. The first kappa shape index (κ1) is 18.1. The monoisotopic (exact) mass is 377 g/mol. The van der Waals surface area contributed by atoms with E-state index in [9.17, 15) is 13.2 Å². The van der Waals surface area contributed by atoms with Crippen LogP contribution in [0.1, 0.15) is 32.8 Å². The molecule has 118 valence electrons. The van der Waals surface area contributed by atoms with Gasteiger partial charge in [0.15, 0.2) is 0 Å². The molecule has 0 aromatic heterocycles. The zero-order valence-electron chi connectivity index (χ0n) is 12.5. The van der Waals surface area contributed by atoms with Crippen LogP contribution in [0.4, 0.5) is 0 Å². The summed E-state index contributed by atoms with van der Waals surface area (Å²) in [6, 6.07) is 4.20. The summed E-state index contributed by atoms with van der Waals surface area (Å²) in [5, 5.41) is 8.96. The van der Waals surface area contributed by atoms with Crippen LogP contribution in [0.5, 0.6) is 0 Å². The van der Waals surface area contributed by atoms with Crippen molar-refractivity contribution >= 4 is 31.9 Å². The normalized spacial score (nSPS) is 14.0. The number of nitrogens with one attached hydrogen (secondary N) is 1. The molecule has 0 radical (unpaired) electrons. The lowest BCUT2D eigenvalue weighted by molar-refractivity contribution is -0.138. The van der Waals surface area contributed by atoms with E-state index in [4.69, 9.17) is 5.11 Å². The molecule has 0 saturated heterocycles. The van der Waals surface area contributed by atoms with Gasteiger partial charge in [0.25, 0.3) is 0 Å². The van der Waals surface area contributed by atoms with Crippen molar-refractivity contribution in [1.82, 2.24) is 4.72 Å². The topological polar surface area (TPSA) is 83.5 Å². The summed E-state index contributed by atoms with van der Waals surface area (Å²) in [5.41, 5.74) is 0.418. The highest BCUT2D eigenvalue weighted by Gasteiger charge is 2.32. The SMILES string of the molecule is Cc1ccc(S(=O)(=O)NC(CC(=O)O)C(C)(C)C)c(Br)c1. The molecule has 0 spiro atoms. The molecule has 0 aliphatic carbocycles. The molecule has 2 N–H and O–H groups in total. The number of carboxylic acids is 1. The molecule has 1 rings (SSSR count). The van der Waals surface area contributed by atoms with Crippen LogP contribution in [-0.4, -0.2) is 25.5 Å². The standard InChI is InChI=1S/C14H20BrNO4S/c1-9-5-6-11(10(15)7-9)21(19,20)16-12(8-13(17)18)14(2,3)4/h5-7,12,16H,8H2,1-4H3,(H,17,18). The third-order valence-corrected chi connectivity index (χ3v) is 5.55. The fraction of sp³-hybridized carbons (Fsp3) is 0.500. The molecular weight excluding hydrogens is 358 g/mol. The summed E-state index contributed by atoms with van der Waals surface area (Å²) in [4.78, 5) is 11.1. The van der Waals surface area contributed by atoms with Crippen molar-refractivity contribution in [1.29, 1.82) is 0 Å². The van der Waals surface area contributed by atoms with Crippen molar-refractivity contribution in [2.24, 2.45) is 5.41 Å². The summed E-state index contributed by atoms with van der Waals surface area (Å²) < 4.78 is 27.9. The maximum Gasteiger partial charge on any atom is 0.304 e. The summed E-state index contributed by atoms with van der Waals surface area (Å²) in [7, 11) is -3.80. The van der Waals surface area contributed by atoms with Gasteiger partial charge in [-0.15, -0.1) is 0 Å². The van der Waals surface area contributed by atoms with Crippen LogP contribution in [0, 0.1) is 12.3 Å². The molecule has 1 unspecified atom stereocenters. The van der Waals surface area contributed by atoms with Crippen LogP contribution in [0.2, 0.25) is 0 Å². The Morgan fingerprint density at radius 1 is 1.38 bits per heavy atom. The molecule has 21 heavy (non-hydrogen) atoms. The second kappa shape index (κ2) is 6.46. The van der Waals surface area contributed by atoms with E-state index in [1.54, 1.807) is 32.9 Å². The molecule has 7 heteroatoms. The van der Waals surface area contributed by atoms with E-state index in [0.717, 1.165) is 5.56 Å². The van der Waals surface area contributed by atoms with Crippen LogP contribution in [0.15, 0.2) is 27.6 Å². The van der Waals surface area contributed by atoms with Crippen molar-refractivity contribution in [3.63, 3.8) is 0 Å². The van der Waals surface area contributed by atoms with Crippen molar-refractivity contribution in [3.05, 3.63) is 28.2 Å². The molecule has 1 aromatic carbocycles. The molecule has 0 aliphatic rings. The molecule has 5 nitrogen and oxygen atoms in total. The first-order valence-corrected chi connectivity index (χ1v) is 8.71. The Morgan fingerprint density at radius 2 is 1.95 bits per heavy atom. The summed E-state index contributed by atoms with van der Waals surface area (Å²) >= 11 is 3.24. The summed E-state index contributed by atoms with van der Waals surface area (Å²) in [6.07, 6.45) is -0.272. The van der Waals surface area contributed by atoms with Gasteiger partial charge < -0.3 is 5.11 Å². The molecule has 0 saturated carbocycles. The quantitative estimate of drug-likeness (QED) is 0.825. The largest absolute Gasteiger partial charge is 0.481 e. The fourth-order valence-electron chi connectivity index (χ4n) is 1.77. The maximum absolute atomic E-state index is 12.5. The van der Waals surface area contributed by atoms with Crippen LogP contribution in [0.25, 0.3) is 0 Å². The van der Waals surface area contributed by atoms with E-state index in [1.807, 2.05) is 6.92 Å². The first-order valence-electron chi connectivity index (χ1n) is 6.44. The highest BCUT2D eigenvalue weighted by Crippen LogP contribution is 2.27. The number of aliphatic carboxylic acids is 1. The van der Waals surface area contributed by atoms with E-state index in [0.29, 0.717) is 4.47 Å². The lowest BCUT2D eigenvalue weighted by Crippen LogP contribution is -2.45. The number of halogens is 1. The number of hydrogen-bond donors (Lipinski definition) is 2. The Bertz CT molecular complexity index is 635. The summed E-state index contributed by atoms with van der Waals surface area (Å²) in [6.45, 7) is 7.25. The van der Waals surface area contributed by atoms with E-state index in [2.05, 4.69) is 20.7 Å². The Hall–Kier alpha value is -0.920. The van der Waals surface area contributed by atoms with E-state index in [1.165, 1.54) is 6.07 Å². The van der Waals surface area contributed by atoms with E-state index >= 15 is 0 Å². The highest BCUT2D eigenvalue weighted by molar-refractivity contribution is 9.10. The molecule has 1 atom stereocenters. The van der Waals surface area contributed by atoms with Gasteiger partial charge >= 0.3 is 5.97 Å². The van der Waals surface area contributed by atoms with Gasteiger partial charge in [-0.3, -0.25) is 4.79 Å². The molecule has 0 fully saturated rings. The predicted octanol–water partition coefficient (Wildman–Crippen LogP) is 2.93. The van der Waals surface area contributed by atoms with Gasteiger partial charge in [-0.1, -0.05) is 26.8 Å². The minimum atomic E-state index is -3.80. The number of hydrogen-bond acceptors (Lipinski definition) is 3. The van der Waals surface area contributed by atoms with Gasteiger partial charge in [-0.05, 0) is 46.0 Å². The number of carbonyl (C=O) groups is 1. The molecule has 0 bridgehead atoms. The van der Waals surface area contributed by atoms with Gasteiger partial charge in [0.2, 0.25) is 10.0 Å². The fourth-order valence-corrected chi connectivity index (χ4v) is 4.41. The van der Waals surface area contributed by atoms with Crippen molar-refractivity contribution in [3.8, 4) is 0 Å². The Balaban J connectivity index is 3.14. The Kier molecular flexibility index (Phi) is 5.57. The molecule has 0 heterocycles. The highest BCUT2D eigenvalue weighted by atomic mass is 79.9. The van der Waals surface area contributed by atoms with Crippen LogP contribution >= 0.6 is 15.9 Å². The minimum absolute atomic E-state index is 0.104. The average molecular weight is 378 g/mol. The van der Waals surface area contributed by atoms with E-state index < -0.39 is 27.4 Å². The van der Waals surface area contributed by atoms with Crippen molar-refractivity contribution in [2.75, 3.05) is 0 Å². The van der Waals surface area contributed by atoms with Gasteiger partial charge in [0.05, 0.1) is 11.3 Å². The number of benzene rings is 1.